The maximum absolute atomic E-state index is 14.2. The summed E-state index contributed by atoms with van der Waals surface area (Å²) in [5.74, 6) is -2.03. The highest BCUT2D eigenvalue weighted by Crippen LogP contribution is 2.44. The van der Waals surface area contributed by atoms with Gasteiger partial charge in [-0.15, -0.1) is 0 Å². The predicted molar refractivity (Wildman–Crippen MR) is 188 cm³/mol. The number of aliphatic hydroxyl groups is 4. The first-order valence-electron chi connectivity index (χ1n) is 18.7. The second kappa shape index (κ2) is 16.1. The standard InChI is InChI=1S/C37H66N2O12/c1-14-25-37(10,44)29(41)22(6)38-32-18(2)16-36(9,51-32)31(50-34-27(40)24(39(11)12)15-19(3)46-34)20(4)28(21(5)33(43)48-25)49-26-17-35(8,45-13)30(42)23(7)47-26/h18-31,34,40-42,44H,14-17H2,1-13H3/b38-32+/t18-,19+,20-,21+,22+,23-,24-,25+,26-,27+,28-,29+,30-,31+,34-,35+,36+,37+/m0/s1. The monoisotopic (exact) mass is 730 g/mol. The average Bonchev–Trinajstić information content (AvgIpc) is 3.35. The molecule has 4 aliphatic rings. The van der Waals surface area contributed by atoms with Gasteiger partial charge in [-0.05, 0) is 75.4 Å². The number of ether oxygens (including phenoxy) is 7. The van der Waals surface area contributed by atoms with Crippen molar-refractivity contribution in [3.05, 3.63) is 0 Å². The number of carbonyl (C=O) groups is 1. The lowest BCUT2D eigenvalue weighted by atomic mass is 9.79. The molecule has 51 heavy (non-hydrogen) atoms. The third kappa shape index (κ3) is 8.60. The Bertz CT molecular complexity index is 1220. The van der Waals surface area contributed by atoms with Gasteiger partial charge in [0, 0.05) is 37.8 Å². The second-order valence-electron chi connectivity index (χ2n) is 16.5. The molecule has 0 saturated carbocycles. The van der Waals surface area contributed by atoms with Gasteiger partial charge in [-0.25, -0.2) is 4.99 Å². The van der Waals surface area contributed by atoms with Gasteiger partial charge in [0.25, 0.3) is 0 Å². The molecule has 0 amide bonds. The van der Waals surface area contributed by atoms with Gasteiger partial charge in [-0.2, -0.15) is 0 Å². The first-order valence-corrected chi connectivity index (χ1v) is 18.7. The number of hydrogen-bond donors (Lipinski definition) is 4. The molecule has 0 aromatic heterocycles. The molecule has 0 spiro atoms. The molecular weight excluding hydrogens is 664 g/mol. The molecule has 4 aliphatic heterocycles. The Labute approximate surface area is 304 Å². The van der Waals surface area contributed by atoms with Gasteiger partial charge < -0.3 is 58.5 Å². The van der Waals surface area contributed by atoms with E-state index >= 15 is 0 Å². The third-order valence-corrected chi connectivity index (χ3v) is 11.9. The van der Waals surface area contributed by atoms with Gasteiger partial charge in [0.15, 0.2) is 18.5 Å². The quantitative estimate of drug-likeness (QED) is 0.281. The van der Waals surface area contributed by atoms with Crippen LogP contribution in [-0.4, -0.2) is 149 Å². The number of nitrogens with zero attached hydrogens (tertiary/aromatic N) is 2. The van der Waals surface area contributed by atoms with Crippen molar-refractivity contribution in [2.24, 2.45) is 22.7 Å². The maximum atomic E-state index is 14.2. The Morgan fingerprint density at radius 1 is 0.961 bits per heavy atom. The summed E-state index contributed by atoms with van der Waals surface area (Å²) in [5.41, 5.74) is -3.91. The van der Waals surface area contributed by atoms with E-state index in [0.29, 0.717) is 18.7 Å². The number of cyclic esters (lactones) is 1. The van der Waals surface area contributed by atoms with Crippen LogP contribution in [0.5, 0.6) is 0 Å². The molecule has 14 nitrogen and oxygen atoms in total. The Morgan fingerprint density at radius 3 is 2.20 bits per heavy atom. The summed E-state index contributed by atoms with van der Waals surface area (Å²) in [5, 5.41) is 45.5. The lowest BCUT2D eigenvalue weighted by Crippen LogP contribution is -2.60. The van der Waals surface area contributed by atoms with E-state index in [-0.39, 0.29) is 30.9 Å². The lowest BCUT2D eigenvalue weighted by molar-refractivity contribution is -0.315. The number of methoxy groups -OCH3 is 1. The van der Waals surface area contributed by atoms with Crippen LogP contribution in [0, 0.1) is 17.8 Å². The molecule has 0 aromatic carbocycles. The number of likely N-dealkylation sites (N-methyl/N-ethyl adjacent to an activating group) is 1. The summed E-state index contributed by atoms with van der Waals surface area (Å²) >= 11 is 0. The normalized spacial score (nSPS) is 51.3. The minimum Gasteiger partial charge on any atom is -0.472 e. The molecule has 0 unspecified atom stereocenters. The van der Waals surface area contributed by atoms with E-state index in [4.69, 9.17) is 38.2 Å². The summed E-state index contributed by atoms with van der Waals surface area (Å²) in [6.45, 7) is 17.8. The zero-order valence-corrected chi connectivity index (χ0v) is 32.9. The van der Waals surface area contributed by atoms with Gasteiger partial charge in [-0.1, -0.05) is 20.8 Å². The average molecular weight is 731 g/mol. The summed E-state index contributed by atoms with van der Waals surface area (Å²) < 4.78 is 44.5. The van der Waals surface area contributed by atoms with Crippen molar-refractivity contribution < 1.29 is 58.4 Å². The number of hydrogen-bond acceptors (Lipinski definition) is 14. The van der Waals surface area contributed by atoms with Crippen LogP contribution in [0.25, 0.3) is 0 Å². The fraction of sp³-hybridized carbons (Fsp3) is 0.946. The Hall–Kier alpha value is -1.46. The molecular formula is C37H66N2O12. The molecule has 4 heterocycles. The molecule has 0 aliphatic carbocycles. The Morgan fingerprint density at radius 2 is 1.61 bits per heavy atom. The molecule has 3 fully saturated rings. The van der Waals surface area contributed by atoms with Crippen LogP contribution in [0.2, 0.25) is 0 Å². The number of carbonyl (C=O) groups excluding carboxylic acids is 1. The number of aliphatic imine (C=N–C) groups is 1. The largest absolute Gasteiger partial charge is 0.472 e. The maximum Gasteiger partial charge on any atom is 0.311 e. The van der Waals surface area contributed by atoms with Crippen molar-refractivity contribution in [3.63, 3.8) is 0 Å². The van der Waals surface area contributed by atoms with Gasteiger partial charge in [-0.3, -0.25) is 4.79 Å². The fourth-order valence-corrected chi connectivity index (χ4v) is 8.61. The van der Waals surface area contributed by atoms with E-state index in [0.717, 1.165) is 0 Å². The highest BCUT2D eigenvalue weighted by molar-refractivity contribution is 5.81. The van der Waals surface area contributed by atoms with Gasteiger partial charge in [0.05, 0.1) is 35.9 Å². The van der Waals surface area contributed by atoms with Crippen LogP contribution in [-0.2, 0) is 38.0 Å². The highest BCUT2D eigenvalue weighted by Gasteiger charge is 2.56. The number of esters is 1. The van der Waals surface area contributed by atoms with Crippen LogP contribution < -0.4 is 0 Å². The summed E-state index contributed by atoms with van der Waals surface area (Å²) in [6.07, 6.45) is -7.53. The highest BCUT2D eigenvalue weighted by atomic mass is 16.7. The Balaban J connectivity index is 1.85. The number of rotatable bonds is 7. The summed E-state index contributed by atoms with van der Waals surface area (Å²) in [6, 6.07) is -1.04. The molecule has 18 atom stereocenters. The van der Waals surface area contributed by atoms with Gasteiger partial charge in [0.1, 0.15) is 41.7 Å². The first-order chi connectivity index (χ1) is 23.6. The van der Waals surface area contributed by atoms with Crippen molar-refractivity contribution in [3.8, 4) is 0 Å². The zero-order valence-electron chi connectivity index (χ0n) is 32.9. The lowest BCUT2D eigenvalue weighted by Gasteiger charge is -2.48. The van der Waals surface area contributed by atoms with E-state index in [1.807, 2.05) is 46.7 Å². The first kappa shape index (κ1) is 42.3. The summed E-state index contributed by atoms with van der Waals surface area (Å²) in [4.78, 5) is 20.9. The minimum absolute atomic E-state index is 0.163. The number of aliphatic hydroxyl groups excluding tert-OH is 3. The molecule has 0 aromatic rings. The summed E-state index contributed by atoms with van der Waals surface area (Å²) in [7, 11) is 5.33. The molecule has 2 bridgehead atoms. The number of fused-ring (bicyclic) bond motifs is 2. The van der Waals surface area contributed by atoms with E-state index < -0.39 is 96.0 Å². The molecule has 4 N–H and O–H groups in total. The van der Waals surface area contributed by atoms with E-state index in [1.165, 1.54) is 14.0 Å². The van der Waals surface area contributed by atoms with Crippen molar-refractivity contribution >= 4 is 11.9 Å². The SMILES string of the molecule is CC[C@H]1OC(=O)[C@H](C)[C@@H](O[C@H]2C[C@@](C)(OC)[C@@H](O)[C@H](C)O2)[C@H](C)[C@@H](O[C@@H]2O[C@H](C)C[C@H](N(C)C)[C@H]2O)[C@@]2(C)C[C@H](C)/C(=N\[C@H](C)[C@@H](O)[C@]1(C)O)O2. The second-order valence-corrected chi connectivity index (χ2v) is 16.5. The molecule has 4 rings (SSSR count). The van der Waals surface area contributed by atoms with E-state index in [1.54, 1.807) is 34.6 Å². The smallest absolute Gasteiger partial charge is 0.311 e. The minimum atomic E-state index is -1.84. The van der Waals surface area contributed by atoms with Crippen LogP contribution in [0.4, 0.5) is 0 Å². The van der Waals surface area contributed by atoms with Crippen molar-refractivity contribution in [1.29, 1.82) is 0 Å². The van der Waals surface area contributed by atoms with Gasteiger partial charge >= 0.3 is 5.97 Å². The van der Waals surface area contributed by atoms with E-state index in [2.05, 4.69) is 0 Å². The van der Waals surface area contributed by atoms with Crippen LogP contribution in [0.3, 0.4) is 0 Å². The van der Waals surface area contributed by atoms with Crippen molar-refractivity contribution in [2.45, 2.75) is 185 Å². The predicted octanol–water partition coefficient (Wildman–Crippen LogP) is 2.41. The van der Waals surface area contributed by atoms with Crippen molar-refractivity contribution in [2.75, 3.05) is 21.2 Å². The topological polar surface area (TPSA) is 178 Å². The molecule has 0 radical (unpaired) electrons. The van der Waals surface area contributed by atoms with Crippen molar-refractivity contribution in [1.82, 2.24) is 4.90 Å². The third-order valence-electron chi connectivity index (χ3n) is 11.9. The van der Waals surface area contributed by atoms with Crippen LogP contribution in [0.15, 0.2) is 4.99 Å². The van der Waals surface area contributed by atoms with Crippen LogP contribution in [0.1, 0.15) is 94.9 Å². The van der Waals surface area contributed by atoms with E-state index in [9.17, 15) is 25.2 Å². The van der Waals surface area contributed by atoms with Crippen LogP contribution >= 0.6 is 0 Å². The zero-order chi connectivity index (χ0) is 38.4. The fourth-order valence-electron chi connectivity index (χ4n) is 8.61. The van der Waals surface area contributed by atoms with Gasteiger partial charge in [0.2, 0.25) is 0 Å². The molecule has 14 heteroatoms. The molecule has 296 valence electrons. The Kier molecular flexibility index (Phi) is 13.4. The molecule has 3 saturated heterocycles.